The molecule has 0 saturated heterocycles. The first kappa shape index (κ1) is 16.7. The molecule has 0 saturated carbocycles. The minimum Gasteiger partial charge on any atom is -0.493 e. The zero-order chi connectivity index (χ0) is 15.1. The summed E-state index contributed by atoms with van der Waals surface area (Å²) in [6.07, 6.45) is 0. The van der Waals surface area contributed by atoms with Gasteiger partial charge in [-0.25, -0.2) is 0 Å². The summed E-state index contributed by atoms with van der Waals surface area (Å²) in [6, 6.07) is 5.13. The lowest BCUT2D eigenvalue weighted by Gasteiger charge is -2.25. The lowest BCUT2D eigenvalue weighted by atomic mass is 10.1. The molecule has 0 atom stereocenters. The van der Waals surface area contributed by atoms with Gasteiger partial charge in [-0.3, -0.25) is 4.90 Å². The zero-order valence-electron chi connectivity index (χ0n) is 12.0. The molecule has 0 spiro atoms. The van der Waals surface area contributed by atoms with Crippen LogP contribution in [-0.4, -0.2) is 42.9 Å². The third kappa shape index (κ3) is 4.94. The normalized spacial score (nSPS) is 11.4. The Balaban J connectivity index is 2.86. The zero-order valence-corrected chi connectivity index (χ0v) is 12.0. The van der Waals surface area contributed by atoms with Crippen molar-refractivity contribution in [3.8, 4) is 11.5 Å². The van der Waals surface area contributed by atoms with Gasteiger partial charge in [0.1, 0.15) is 0 Å². The second-order valence-electron chi connectivity index (χ2n) is 4.65. The van der Waals surface area contributed by atoms with Crippen molar-refractivity contribution < 1.29 is 23.4 Å². The molecule has 0 fully saturated rings. The summed E-state index contributed by atoms with van der Waals surface area (Å²) in [6.45, 7) is 2.40. The van der Waals surface area contributed by atoms with Crippen molar-refractivity contribution in [1.82, 2.24) is 4.90 Å². The number of benzene rings is 1. The SMILES string of the molecule is COc1cc(CN(CCO)C(C)C)ccc1OC(F)F. The summed E-state index contributed by atoms with van der Waals surface area (Å²) < 4.78 is 33.9. The second kappa shape index (κ2) is 8.01. The van der Waals surface area contributed by atoms with E-state index in [-0.39, 0.29) is 24.1 Å². The molecule has 1 N–H and O–H groups in total. The molecule has 4 nitrogen and oxygen atoms in total. The minimum absolute atomic E-state index is 0.0181. The molecule has 0 aromatic heterocycles. The maximum absolute atomic E-state index is 12.2. The third-order valence-corrected chi connectivity index (χ3v) is 2.95. The van der Waals surface area contributed by atoms with Gasteiger partial charge in [-0.1, -0.05) is 6.07 Å². The van der Waals surface area contributed by atoms with Gasteiger partial charge in [0.25, 0.3) is 0 Å². The number of alkyl halides is 2. The van der Waals surface area contributed by atoms with Gasteiger partial charge in [0, 0.05) is 19.1 Å². The monoisotopic (exact) mass is 289 g/mol. The summed E-state index contributed by atoms with van der Waals surface area (Å²) in [4.78, 5) is 2.07. The van der Waals surface area contributed by atoms with E-state index in [2.05, 4.69) is 9.64 Å². The van der Waals surface area contributed by atoms with E-state index in [9.17, 15) is 8.78 Å². The summed E-state index contributed by atoms with van der Waals surface area (Å²) in [5, 5.41) is 9.04. The lowest BCUT2D eigenvalue weighted by Crippen LogP contribution is -2.32. The Morgan fingerprint density at radius 1 is 1.25 bits per heavy atom. The van der Waals surface area contributed by atoms with Crippen molar-refractivity contribution in [3.63, 3.8) is 0 Å². The van der Waals surface area contributed by atoms with Gasteiger partial charge in [0.2, 0.25) is 0 Å². The van der Waals surface area contributed by atoms with Crippen LogP contribution in [0.5, 0.6) is 11.5 Å². The smallest absolute Gasteiger partial charge is 0.387 e. The first-order valence-corrected chi connectivity index (χ1v) is 6.44. The molecule has 0 heterocycles. The molecule has 114 valence electrons. The Hall–Kier alpha value is -1.40. The number of hydrogen-bond donors (Lipinski definition) is 1. The second-order valence-corrected chi connectivity index (χ2v) is 4.65. The number of methoxy groups -OCH3 is 1. The molecule has 0 bridgehead atoms. The number of rotatable bonds is 8. The van der Waals surface area contributed by atoms with E-state index in [0.29, 0.717) is 13.1 Å². The Kier molecular flexibility index (Phi) is 6.67. The highest BCUT2D eigenvalue weighted by molar-refractivity contribution is 5.43. The summed E-state index contributed by atoms with van der Waals surface area (Å²) in [7, 11) is 1.41. The molecule has 6 heteroatoms. The van der Waals surface area contributed by atoms with Crippen LogP contribution >= 0.6 is 0 Å². The van der Waals surface area contributed by atoms with Crippen LogP contribution in [0.25, 0.3) is 0 Å². The van der Waals surface area contributed by atoms with Crippen LogP contribution < -0.4 is 9.47 Å². The van der Waals surface area contributed by atoms with Gasteiger partial charge in [0.05, 0.1) is 13.7 Å². The molecule has 0 aliphatic carbocycles. The minimum atomic E-state index is -2.88. The van der Waals surface area contributed by atoms with Crippen LogP contribution in [0.1, 0.15) is 19.4 Å². The highest BCUT2D eigenvalue weighted by Crippen LogP contribution is 2.30. The highest BCUT2D eigenvalue weighted by atomic mass is 19.3. The number of ether oxygens (including phenoxy) is 2. The van der Waals surface area contributed by atoms with Gasteiger partial charge in [-0.2, -0.15) is 8.78 Å². The highest BCUT2D eigenvalue weighted by Gasteiger charge is 2.14. The van der Waals surface area contributed by atoms with Crippen LogP contribution in [0.4, 0.5) is 8.78 Å². The molecule has 1 aromatic carbocycles. The first-order valence-electron chi connectivity index (χ1n) is 6.44. The molecule has 1 aromatic rings. The fourth-order valence-electron chi connectivity index (χ4n) is 1.89. The standard InChI is InChI=1S/C14H21F2NO3/c1-10(2)17(6-7-18)9-11-4-5-12(20-14(15)16)13(8-11)19-3/h4-5,8,10,14,18H,6-7,9H2,1-3H3. The van der Waals surface area contributed by atoms with E-state index >= 15 is 0 Å². The predicted octanol–water partition coefficient (Wildman–Crippen LogP) is 2.50. The molecule has 0 aliphatic heterocycles. The Morgan fingerprint density at radius 2 is 1.95 bits per heavy atom. The van der Waals surface area contributed by atoms with Crippen LogP contribution in [0.15, 0.2) is 18.2 Å². The molecule has 1 rings (SSSR count). The number of hydrogen-bond acceptors (Lipinski definition) is 4. The summed E-state index contributed by atoms with van der Waals surface area (Å²) in [5.74, 6) is 0.292. The molecule has 0 radical (unpaired) electrons. The van der Waals surface area contributed by atoms with Gasteiger partial charge >= 0.3 is 6.61 Å². The van der Waals surface area contributed by atoms with Crippen LogP contribution in [0.2, 0.25) is 0 Å². The van der Waals surface area contributed by atoms with Crippen molar-refractivity contribution in [3.05, 3.63) is 23.8 Å². The molecule has 0 unspecified atom stereocenters. The number of halogens is 2. The van der Waals surface area contributed by atoms with Crippen molar-refractivity contribution in [2.24, 2.45) is 0 Å². The molecular weight excluding hydrogens is 268 g/mol. The van der Waals surface area contributed by atoms with Gasteiger partial charge in [0.15, 0.2) is 11.5 Å². The number of aliphatic hydroxyl groups excluding tert-OH is 1. The Morgan fingerprint density at radius 3 is 2.45 bits per heavy atom. The van der Waals surface area contributed by atoms with E-state index in [1.807, 2.05) is 13.8 Å². The van der Waals surface area contributed by atoms with Crippen molar-refractivity contribution in [1.29, 1.82) is 0 Å². The van der Waals surface area contributed by atoms with E-state index in [4.69, 9.17) is 9.84 Å². The van der Waals surface area contributed by atoms with Crippen LogP contribution in [-0.2, 0) is 6.54 Å². The number of aliphatic hydroxyl groups is 1. The van der Waals surface area contributed by atoms with E-state index in [1.54, 1.807) is 12.1 Å². The Bertz CT molecular complexity index is 413. The first-order chi connectivity index (χ1) is 9.47. The average Bonchev–Trinajstić information content (AvgIpc) is 2.39. The van der Waals surface area contributed by atoms with Crippen molar-refractivity contribution >= 4 is 0 Å². The quantitative estimate of drug-likeness (QED) is 0.798. The largest absolute Gasteiger partial charge is 0.493 e. The fraction of sp³-hybridized carbons (Fsp3) is 0.571. The molecule has 0 aliphatic rings. The van der Waals surface area contributed by atoms with Gasteiger partial charge in [-0.15, -0.1) is 0 Å². The van der Waals surface area contributed by atoms with Gasteiger partial charge < -0.3 is 14.6 Å². The maximum atomic E-state index is 12.2. The van der Waals surface area contributed by atoms with Gasteiger partial charge in [-0.05, 0) is 31.5 Å². The summed E-state index contributed by atoms with van der Waals surface area (Å²) in [5.41, 5.74) is 0.908. The van der Waals surface area contributed by atoms with Crippen molar-refractivity contribution in [2.45, 2.75) is 33.0 Å². The Labute approximate surface area is 117 Å². The topological polar surface area (TPSA) is 41.9 Å². The third-order valence-electron chi connectivity index (χ3n) is 2.95. The lowest BCUT2D eigenvalue weighted by molar-refractivity contribution is -0.0512. The van der Waals surface area contributed by atoms with E-state index in [1.165, 1.54) is 13.2 Å². The maximum Gasteiger partial charge on any atom is 0.387 e. The average molecular weight is 289 g/mol. The predicted molar refractivity (Wildman–Crippen MR) is 72.3 cm³/mol. The molecule has 20 heavy (non-hydrogen) atoms. The number of nitrogens with zero attached hydrogens (tertiary/aromatic N) is 1. The van der Waals surface area contributed by atoms with E-state index in [0.717, 1.165) is 5.56 Å². The molecular formula is C14H21F2NO3. The fourth-order valence-corrected chi connectivity index (χ4v) is 1.89. The van der Waals surface area contributed by atoms with E-state index < -0.39 is 6.61 Å². The summed E-state index contributed by atoms with van der Waals surface area (Å²) >= 11 is 0. The van der Waals surface area contributed by atoms with Crippen LogP contribution in [0.3, 0.4) is 0 Å². The van der Waals surface area contributed by atoms with Crippen LogP contribution in [0, 0.1) is 0 Å². The molecule has 0 amide bonds. The van der Waals surface area contributed by atoms with Crippen molar-refractivity contribution in [2.75, 3.05) is 20.3 Å².